The molecule has 4 nitrogen and oxygen atoms in total. The molecule has 0 aliphatic heterocycles. The van der Waals surface area contributed by atoms with Gasteiger partial charge in [-0.3, -0.25) is 0 Å². The largest absolute Gasteiger partial charge is 0.392 e. The highest BCUT2D eigenvalue weighted by Crippen LogP contribution is 2.11. The quantitative estimate of drug-likeness (QED) is 0.136. The highest BCUT2D eigenvalue weighted by atomic mass is 16.3. The van der Waals surface area contributed by atoms with E-state index in [0.717, 1.165) is 38.8 Å². The summed E-state index contributed by atoms with van der Waals surface area (Å²) in [5.74, 6) is 0. The van der Waals surface area contributed by atoms with Crippen molar-refractivity contribution in [1.82, 2.24) is 10.6 Å². The molecule has 0 saturated heterocycles. The van der Waals surface area contributed by atoms with Crippen LogP contribution < -0.4 is 10.6 Å². The van der Waals surface area contributed by atoms with E-state index in [1.807, 2.05) is 0 Å². The highest BCUT2D eigenvalue weighted by molar-refractivity contribution is 4.64. The lowest BCUT2D eigenvalue weighted by atomic mass is 10.1. The maximum Gasteiger partial charge on any atom is 0.0664 e. The zero-order valence-electron chi connectivity index (χ0n) is 20.6. The average molecular weight is 429 g/mol. The van der Waals surface area contributed by atoms with Crippen LogP contribution in [0, 0.1) is 0 Å². The SMILES string of the molecule is CCCCCCCCCC[C@@H](O)CNCCNC[C@H](O)CCCCCCCCCC. The lowest BCUT2D eigenvalue weighted by molar-refractivity contribution is 0.153. The molecule has 0 amide bonds. The van der Waals surface area contributed by atoms with Crippen LogP contribution in [0.5, 0.6) is 0 Å². The second-order valence-electron chi connectivity index (χ2n) is 9.24. The van der Waals surface area contributed by atoms with Crippen LogP contribution in [0.25, 0.3) is 0 Å². The van der Waals surface area contributed by atoms with Crippen molar-refractivity contribution >= 4 is 0 Å². The van der Waals surface area contributed by atoms with Crippen LogP contribution in [-0.4, -0.2) is 48.6 Å². The molecule has 0 aromatic rings. The monoisotopic (exact) mass is 428 g/mol. The van der Waals surface area contributed by atoms with Crippen molar-refractivity contribution in [3.8, 4) is 0 Å². The number of rotatable bonds is 25. The number of aliphatic hydroxyl groups is 2. The Hall–Kier alpha value is -0.160. The van der Waals surface area contributed by atoms with Crippen LogP contribution in [0.3, 0.4) is 0 Å². The number of nitrogens with one attached hydrogen (secondary N) is 2. The fourth-order valence-corrected chi connectivity index (χ4v) is 3.95. The molecule has 30 heavy (non-hydrogen) atoms. The summed E-state index contributed by atoms with van der Waals surface area (Å²) in [5.41, 5.74) is 0. The van der Waals surface area contributed by atoms with Gasteiger partial charge in [0.25, 0.3) is 0 Å². The van der Waals surface area contributed by atoms with Crippen LogP contribution in [-0.2, 0) is 0 Å². The maximum atomic E-state index is 10.0. The first-order chi connectivity index (χ1) is 14.7. The summed E-state index contributed by atoms with van der Waals surface area (Å²) in [6.45, 7) is 7.57. The number of hydrogen-bond acceptors (Lipinski definition) is 4. The third kappa shape index (κ3) is 24.1. The molecule has 0 heterocycles. The molecule has 0 fully saturated rings. The van der Waals surface area contributed by atoms with Gasteiger partial charge in [0.1, 0.15) is 0 Å². The number of unbranched alkanes of at least 4 members (excludes halogenated alkanes) is 14. The Bertz CT molecular complexity index is 285. The summed E-state index contributed by atoms with van der Waals surface area (Å²) in [6.07, 6.45) is 22.4. The Morgan fingerprint density at radius 3 is 1.10 bits per heavy atom. The van der Waals surface area contributed by atoms with Gasteiger partial charge in [0.05, 0.1) is 12.2 Å². The van der Waals surface area contributed by atoms with Gasteiger partial charge in [-0.05, 0) is 12.8 Å². The predicted molar refractivity (Wildman–Crippen MR) is 132 cm³/mol. The Morgan fingerprint density at radius 2 is 0.767 bits per heavy atom. The Balaban J connectivity index is 3.25. The Labute approximate surface area is 189 Å². The summed E-state index contributed by atoms with van der Waals surface area (Å²) in [5, 5.41) is 26.7. The van der Waals surface area contributed by atoms with E-state index in [1.165, 1.54) is 89.9 Å². The first-order valence-corrected chi connectivity index (χ1v) is 13.5. The molecule has 4 N–H and O–H groups in total. The van der Waals surface area contributed by atoms with Crippen LogP contribution in [0.15, 0.2) is 0 Å². The molecule has 0 unspecified atom stereocenters. The topological polar surface area (TPSA) is 64.5 Å². The van der Waals surface area contributed by atoms with Crippen LogP contribution in [0.2, 0.25) is 0 Å². The van der Waals surface area contributed by atoms with Crippen LogP contribution >= 0.6 is 0 Å². The molecular weight excluding hydrogens is 372 g/mol. The minimum Gasteiger partial charge on any atom is -0.392 e. The van der Waals surface area contributed by atoms with Gasteiger partial charge in [0.15, 0.2) is 0 Å². The summed E-state index contributed by atoms with van der Waals surface area (Å²) in [4.78, 5) is 0. The first kappa shape index (κ1) is 29.8. The fourth-order valence-electron chi connectivity index (χ4n) is 3.95. The van der Waals surface area contributed by atoms with E-state index >= 15 is 0 Å². The summed E-state index contributed by atoms with van der Waals surface area (Å²) in [7, 11) is 0. The average Bonchev–Trinajstić information content (AvgIpc) is 2.74. The second kappa shape index (κ2) is 25.1. The molecule has 0 saturated carbocycles. The minimum atomic E-state index is -0.224. The first-order valence-electron chi connectivity index (χ1n) is 13.5. The molecule has 0 spiro atoms. The lowest BCUT2D eigenvalue weighted by Crippen LogP contribution is -2.35. The molecule has 4 heteroatoms. The summed E-state index contributed by atoms with van der Waals surface area (Å²) in [6, 6.07) is 0. The standard InChI is InChI=1S/C26H56N2O2/c1-3-5-7-9-11-13-15-17-19-25(29)23-27-21-22-28-24-26(30)20-18-16-14-12-10-8-6-4-2/h25-30H,3-24H2,1-2H3/t25-,26-/m1/s1. The molecule has 0 rings (SSSR count). The zero-order chi connectivity index (χ0) is 22.1. The zero-order valence-corrected chi connectivity index (χ0v) is 20.6. The van der Waals surface area contributed by atoms with E-state index < -0.39 is 0 Å². The van der Waals surface area contributed by atoms with Gasteiger partial charge in [-0.1, -0.05) is 117 Å². The van der Waals surface area contributed by atoms with Gasteiger partial charge in [0.2, 0.25) is 0 Å². The number of aliphatic hydroxyl groups excluding tert-OH is 2. The summed E-state index contributed by atoms with van der Waals surface area (Å²) >= 11 is 0. The van der Waals surface area contributed by atoms with E-state index in [1.54, 1.807) is 0 Å². The maximum absolute atomic E-state index is 10.0. The van der Waals surface area contributed by atoms with Crippen molar-refractivity contribution < 1.29 is 10.2 Å². The molecule has 0 aromatic carbocycles. The van der Waals surface area contributed by atoms with Crippen molar-refractivity contribution in [2.45, 2.75) is 142 Å². The van der Waals surface area contributed by atoms with Gasteiger partial charge in [-0.2, -0.15) is 0 Å². The van der Waals surface area contributed by atoms with E-state index in [4.69, 9.17) is 0 Å². The van der Waals surface area contributed by atoms with Gasteiger partial charge in [-0.15, -0.1) is 0 Å². The third-order valence-corrected chi connectivity index (χ3v) is 6.02. The van der Waals surface area contributed by atoms with Crippen molar-refractivity contribution in [3.05, 3.63) is 0 Å². The van der Waals surface area contributed by atoms with Gasteiger partial charge < -0.3 is 20.8 Å². The van der Waals surface area contributed by atoms with Crippen LogP contribution in [0.1, 0.15) is 129 Å². The molecule has 0 aliphatic carbocycles. The lowest BCUT2D eigenvalue weighted by Gasteiger charge is -2.14. The minimum absolute atomic E-state index is 0.224. The van der Waals surface area contributed by atoms with Crippen LogP contribution in [0.4, 0.5) is 0 Å². The van der Waals surface area contributed by atoms with E-state index in [0.29, 0.717) is 13.1 Å². The van der Waals surface area contributed by atoms with E-state index in [2.05, 4.69) is 24.5 Å². The molecule has 0 aromatic heterocycles. The second-order valence-corrected chi connectivity index (χ2v) is 9.24. The van der Waals surface area contributed by atoms with Crippen molar-refractivity contribution in [2.75, 3.05) is 26.2 Å². The smallest absolute Gasteiger partial charge is 0.0664 e. The van der Waals surface area contributed by atoms with Crippen molar-refractivity contribution in [3.63, 3.8) is 0 Å². The molecule has 182 valence electrons. The van der Waals surface area contributed by atoms with E-state index in [-0.39, 0.29) is 12.2 Å². The Kier molecular flexibility index (Phi) is 25.0. The van der Waals surface area contributed by atoms with Crippen molar-refractivity contribution in [2.24, 2.45) is 0 Å². The molecule has 0 radical (unpaired) electrons. The molecular formula is C26H56N2O2. The summed E-state index contributed by atoms with van der Waals surface area (Å²) < 4.78 is 0. The molecule has 2 atom stereocenters. The van der Waals surface area contributed by atoms with Crippen molar-refractivity contribution in [1.29, 1.82) is 0 Å². The third-order valence-electron chi connectivity index (χ3n) is 6.02. The van der Waals surface area contributed by atoms with E-state index in [9.17, 15) is 10.2 Å². The number of hydrogen-bond donors (Lipinski definition) is 4. The molecule has 0 aliphatic rings. The van der Waals surface area contributed by atoms with Gasteiger partial charge >= 0.3 is 0 Å². The van der Waals surface area contributed by atoms with Gasteiger partial charge in [-0.25, -0.2) is 0 Å². The Morgan fingerprint density at radius 1 is 0.467 bits per heavy atom. The highest BCUT2D eigenvalue weighted by Gasteiger charge is 2.05. The van der Waals surface area contributed by atoms with Gasteiger partial charge in [0, 0.05) is 26.2 Å². The predicted octanol–water partition coefficient (Wildman–Crippen LogP) is 5.95. The normalized spacial score (nSPS) is 13.6. The fraction of sp³-hybridized carbons (Fsp3) is 1.00. The molecule has 0 bridgehead atoms.